The van der Waals surface area contributed by atoms with Crippen LogP contribution in [0, 0.1) is 5.41 Å². The van der Waals surface area contributed by atoms with Gasteiger partial charge in [-0.2, -0.15) is 0 Å². The zero-order valence-electron chi connectivity index (χ0n) is 14.5. The Bertz CT molecular complexity index is 339. The van der Waals surface area contributed by atoms with Gasteiger partial charge in [0.05, 0.1) is 5.76 Å². The lowest BCUT2D eigenvalue weighted by atomic mass is 9.87. The molecular weight excluding hydrogens is 260 g/mol. The lowest BCUT2D eigenvalue weighted by Crippen LogP contribution is -2.25. The van der Waals surface area contributed by atoms with E-state index in [-0.39, 0.29) is 0 Å². The molecule has 0 aromatic heterocycles. The molecule has 2 heteroatoms. The van der Waals surface area contributed by atoms with Gasteiger partial charge in [-0.15, -0.1) is 13.2 Å². The zero-order valence-corrected chi connectivity index (χ0v) is 15.5. The van der Waals surface area contributed by atoms with Gasteiger partial charge in [0.2, 0.25) is 8.32 Å². The molecule has 0 saturated carbocycles. The lowest BCUT2D eigenvalue weighted by molar-refractivity contribution is 0.359. The van der Waals surface area contributed by atoms with Gasteiger partial charge < -0.3 is 4.43 Å². The third-order valence-electron chi connectivity index (χ3n) is 2.97. The Hall–Kier alpha value is -0.763. The van der Waals surface area contributed by atoms with Gasteiger partial charge in [0.1, 0.15) is 0 Å². The maximum atomic E-state index is 6.34. The highest BCUT2D eigenvalue weighted by Gasteiger charge is 2.20. The Labute approximate surface area is 127 Å². The molecule has 0 bridgehead atoms. The molecule has 20 heavy (non-hydrogen) atoms. The number of allylic oxidation sites excluding steroid dienone is 4. The molecule has 0 amide bonds. The van der Waals surface area contributed by atoms with Gasteiger partial charge in [0.25, 0.3) is 0 Å². The molecule has 0 spiro atoms. The summed E-state index contributed by atoms with van der Waals surface area (Å²) in [5.41, 5.74) is 1.79. The van der Waals surface area contributed by atoms with Crippen molar-refractivity contribution < 1.29 is 4.43 Å². The smallest absolute Gasteiger partial charge is 0.241 e. The molecule has 1 nitrogen and oxygen atoms in total. The molecule has 0 N–H and O–H groups in total. The van der Waals surface area contributed by atoms with Crippen LogP contribution in [0.1, 0.15) is 52.9 Å². The summed E-state index contributed by atoms with van der Waals surface area (Å²) in [6, 6.07) is 0. The van der Waals surface area contributed by atoms with Crippen LogP contribution in [0.4, 0.5) is 0 Å². The second-order valence-electron chi connectivity index (χ2n) is 7.62. The van der Waals surface area contributed by atoms with Crippen molar-refractivity contribution in [2.24, 2.45) is 5.41 Å². The first-order valence-corrected chi connectivity index (χ1v) is 11.1. The van der Waals surface area contributed by atoms with E-state index in [1.54, 1.807) is 0 Å². The number of hydrogen-bond acceptors (Lipinski definition) is 1. The van der Waals surface area contributed by atoms with Crippen LogP contribution < -0.4 is 0 Å². The fourth-order valence-electron chi connectivity index (χ4n) is 1.96. The molecule has 0 rings (SSSR count). The van der Waals surface area contributed by atoms with Crippen molar-refractivity contribution in [2.45, 2.75) is 72.5 Å². The maximum Gasteiger partial charge on any atom is 0.241 e. The van der Waals surface area contributed by atoms with Gasteiger partial charge in [0.15, 0.2) is 0 Å². The quantitative estimate of drug-likeness (QED) is 0.269. The van der Waals surface area contributed by atoms with Crippen LogP contribution in [-0.4, -0.2) is 8.32 Å². The van der Waals surface area contributed by atoms with Gasteiger partial charge in [-0.05, 0) is 56.3 Å². The second-order valence-corrected chi connectivity index (χ2v) is 12.1. The normalized spacial score (nSPS) is 13.7. The van der Waals surface area contributed by atoms with Gasteiger partial charge in [-0.1, -0.05) is 32.9 Å². The predicted octanol–water partition coefficient (Wildman–Crippen LogP) is 6.46. The third kappa shape index (κ3) is 10.1. The van der Waals surface area contributed by atoms with E-state index < -0.39 is 8.32 Å². The molecule has 0 heterocycles. The van der Waals surface area contributed by atoms with E-state index in [0.29, 0.717) is 5.41 Å². The molecule has 0 aromatic rings. The van der Waals surface area contributed by atoms with Gasteiger partial charge >= 0.3 is 0 Å². The van der Waals surface area contributed by atoms with Crippen LogP contribution in [0.5, 0.6) is 0 Å². The summed E-state index contributed by atoms with van der Waals surface area (Å²) < 4.78 is 6.34. The average Bonchev–Trinajstić information content (AvgIpc) is 2.27. The van der Waals surface area contributed by atoms with Crippen molar-refractivity contribution in [3.05, 3.63) is 36.6 Å². The van der Waals surface area contributed by atoms with E-state index >= 15 is 0 Å². The molecule has 0 aliphatic heterocycles. The largest absolute Gasteiger partial charge is 0.547 e. The van der Waals surface area contributed by atoms with E-state index in [1.807, 2.05) is 12.2 Å². The van der Waals surface area contributed by atoms with Crippen LogP contribution in [0.3, 0.4) is 0 Å². The fraction of sp³-hybridized carbons (Fsp3) is 0.667. The standard InChI is InChI=1S/C18H34OSi/c1-9-11-13-17(19-20(6,7)8)16(12-10-2)14-15-18(3,4)5/h9-10H,1-2,11-15H2,3-8H3/b17-16-. The Morgan fingerprint density at radius 3 is 2.05 bits per heavy atom. The predicted molar refractivity (Wildman–Crippen MR) is 94.4 cm³/mol. The van der Waals surface area contributed by atoms with E-state index in [9.17, 15) is 0 Å². The Kier molecular flexibility index (Phi) is 8.18. The Morgan fingerprint density at radius 2 is 1.65 bits per heavy atom. The zero-order chi connectivity index (χ0) is 15.8. The minimum absolute atomic E-state index is 0.356. The average molecular weight is 295 g/mol. The molecule has 0 radical (unpaired) electrons. The molecule has 0 saturated heterocycles. The first kappa shape index (κ1) is 19.2. The van der Waals surface area contributed by atoms with Crippen molar-refractivity contribution in [1.82, 2.24) is 0 Å². The van der Waals surface area contributed by atoms with Crippen LogP contribution >= 0.6 is 0 Å². The topological polar surface area (TPSA) is 9.23 Å². The summed E-state index contributed by atoms with van der Waals surface area (Å²) in [5.74, 6) is 1.20. The lowest BCUT2D eigenvalue weighted by Gasteiger charge is -2.26. The van der Waals surface area contributed by atoms with Crippen molar-refractivity contribution in [1.29, 1.82) is 0 Å². The summed E-state index contributed by atoms with van der Waals surface area (Å²) >= 11 is 0. The Balaban J connectivity index is 5.15. The summed E-state index contributed by atoms with van der Waals surface area (Å²) in [4.78, 5) is 0. The van der Waals surface area contributed by atoms with Crippen LogP contribution in [0.25, 0.3) is 0 Å². The molecule has 0 aliphatic rings. The van der Waals surface area contributed by atoms with Gasteiger partial charge in [-0.25, -0.2) is 0 Å². The summed E-state index contributed by atoms with van der Waals surface area (Å²) in [6.45, 7) is 21.4. The van der Waals surface area contributed by atoms with Gasteiger partial charge in [0, 0.05) is 6.42 Å². The molecular formula is C18H34OSi. The number of hydrogen-bond donors (Lipinski definition) is 0. The third-order valence-corrected chi connectivity index (χ3v) is 3.83. The molecule has 0 aliphatic carbocycles. The summed E-state index contributed by atoms with van der Waals surface area (Å²) in [7, 11) is -1.56. The minimum Gasteiger partial charge on any atom is -0.547 e. The molecule has 0 aromatic carbocycles. The van der Waals surface area contributed by atoms with E-state index in [0.717, 1.165) is 25.7 Å². The fourth-order valence-corrected chi connectivity index (χ4v) is 2.94. The molecule has 0 unspecified atom stereocenters. The van der Waals surface area contributed by atoms with E-state index in [2.05, 4.69) is 53.6 Å². The minimum atomic E-state index is -1.56. The van der Waals surface area contributed by atoms with E-state index in [4.69, 9.17) is 4.43 Å². The second kappa shape index (κ2) is 8.51. The Morgan fingerprint density at radius 1 is 1.05 bits per heavy atom. The molecule has 116 valence electrons. The highest BCUT2D eigenvalue weighted by molar-refractivity contribution is 6.70. The summed E-state index contributed by atoms with van der Waals surface area (Å²) in [6.07, 6.45) is 9.15. The highest BCUT2D eigenvalue weighted by Crippen LogP contribution is 2.29. The van der Waals surface area contributed by atoms with Crippen LogP contribution in [-0.2, 0) is 4.43 Å². The van der Waals surface area contributed by atoms with Crippen LogP contribution in [0.15, 0.2) is 36.6 Å². The number of rotatable bonds is 9. The van der Waals surface area contributed by atoms with E-state index in [1.165, 1.54) is 17.8 Å². The first-order chi connectivity index (χ1) is 9.09. The van der Waals surface area contributed by atoms with Crippen molar-refractivity contribution in [2.75, 3.05) is 0 Å². The SMILES string of the molecule is C=CCC/C(O[Si](C)(C)C)=C(\CC=C)CCC(C)(C)C. The van der Waals surface area contributed by atoms with Crippen LogP contribution in [0.2, 0.25) is 19.6 Å². The van der Waals surface area contributed by atoms with Gasteiger partial charge in [-0.3, -0.25) is 0 Å². The maximum absolute atomic E-state index is 6.34. The van der Waals surface area contributed by atoms with Crippen molar-refractivity contribution in [3.63, 3.8) is 0 Å². The van der Waals surface area contributed by atoms with Crippen molar-refractivity contribution in [3.8, 4) is 0 Å². The highest BCUT2D eigenvalue weighted by atomic mass is 28.4. The monoisotopic (exact) mass is 294 g/mol. The summed E-state index contributed by atoms with van der Waals surface area (Å²) in [5, 5.41) is 0. The first-order valence-electron chi connectivity index (χ1n) is 7.71. The van der Waals surface area contributed by atoms with Crippen molar-refractivity contribution >= 4 is 8.32 Å². The molecule has 0 fully saturated rings. The molecule has 0 atom stereocenters.